The molecule has 3 rings (SSSR count). The summed E-state index contributed by atoms with van der Waals surface area (Å²) in [6.07, 6.45) is 2.78. The number of rotatable bonds is 5. The maximum Gasteiger partial charge on any atom is 0.265 e. The van der Waals surface area contributed by atoms with Crippen molar-refractivity contribution >= 4 is 22.6 Å². The molecule has 0 radical (unpaired) electrons. The summed E-state index contributed by atoms with van der Waals surface area (Å²) in [5, 5.41) is 8.06. The number of fused-ring (bicyclic) bond motifs is 1. The third-order valence-electron chi connectivity index (χ3n) is 3.89. The van der Waals surface area contributed by atoms with Crippen LogP contribution in [0.25, 0.3) is 11.0 Å². The fraction of sp³-hybridized carbons (Fsp3) is 0.316. The van der Waals surface area contributed by atoms with Gasteiger partial charge in [0.1, 0.15) is 5.75 Å². The Kier molecular flexibility index (Phi) is 4.70. The van der Waals surface area contributed by atoms with Gasteiger partial charge < -0.3 is 10.1 Å². The number of benzene rings is 1. The third kappa shape index (κ3) is 3.79. The Balaban J connectivity index is 1.69. The van der Waals surface area contributed by atoms with Crippen molar-refractivity contribution in [2.75, 3.05) is 5.32 Å². The molecule has 1 N–H and O–H groups in total. The number of nitrogens with zero attached hydrogens (tertiary/aromatic N) is 3. The predicted octanol–water partition coefficient (Wildman–Crippen LogP) is 3.73. The molecule has 6 heteroatoms. The van der Waals surface area contributed by atoms with Crippen LogP contribution < -0.4 is 10.1 Å². The molecule has 2 aromatic heterocycles. The highest BCUT2D eigenvalue weighted by atomic mass is 16.5. The van der Waals surface area contributed by atoms with E-state index in [-0.39, 0.29) is 11.9 Å². The van der Waals surface area contributed by atoms with Crippen molar-refractivity contribution in [2.45, 2.75) is 39.8 Å². The van der Waals surface area contributed by atoms with Crippen molar-refractivity contribution in [3.05, 3.63) is 48.3 Å². The second-order valence-corrected chi connectivity index (χ2v) is 6.38. The van der Waals surface area contributed by atoms with Crippen molar-refractivity contribution in [2.24, 2.45) is 0 Å². The fourth-order valence-corrected chi connectivity index (χ4v) is 2.50. The van der Waals surface area contributed by atoms with E-state index in [2.05, 4.69) is 15.4 Å². The van der Waals surface area contributed by atoms with E-state index in [4.69, 9.17) is 4.74 Å². The van der Waals surface area contributed by atoms with E-state index in [9.17, 15) is 4.79 Å². The summed E-state index contributed by atoms with van der Waals surface area (Å²) in [4.78, 5) is 16.8. The van der Waals surface area contributed by atoms with Gasteiger partial charge in [0.2, 0.25) is 0 Å². The molecule has 130 valence electrons. The number of aromatic nitrogens is 3. The number of hydrogen-bond acceptors (Lipinski definition) is 4. The predicted molar refractivity (Wildman–Crippen MR) is 97.8 cm³/mol. The van der Waals surface area contributed by atoms with Crippen LogP contribution in [-0.2, 0) is 4.79 Å². The molecule has 0 aliphatic rings. The molecule has 3 aromatic rings. The van der Waals surface area contributed by atoms with Crippen LogP contribution in [0.15, 0.2) is 42.7 Å². The first-order valence-electron chi connectivity index (χ1n) is 8.31. The van der Waals surface area contributed by atoms with Gasteiger partial charge in [0.05, 0.1) is 18.1 Å². The number of amides is 1. The minimum absolute atomic E-state index is 0.224. The molecule has 0 saturated heterocycles. The molecule has 0 fully saturated rings. The maximum atomic E-state index is 12.3. The Morgan fingerprint density at radius 1 is 1.16 bits per heavy atom. The molecule has 0 aliphatic carbocycles. The number of carbonyl (C=O) groups is 1. The molecule has 1 atom stereocenters. The molecule has 6 nitrogen and oxygen atoms in total. The molecule has 1 unspecified atom stereocenters. The molecule has 1 amide bonds. The first-order valence-corrected chi connectivity index (χ1v) is 8.31. The summed E-state index contributed by atoms with van der Waals surface area (Å²) in [7, 11) is 0. The van der Waals surface area contributed by atoms with Crippen molar-refractivity contribution in [1.29, 1.82) is 0 Å². The number of hydrogen-bond donors (Lipinski definition) is 1. The summed E-state index contributed by atoms with van der Waals surface area (Å²) in [5.74, 6) is 0.443. The van der Waals surface area contributed by atoms with E-state index in [0.717, 1.165) is 16.6 Å². The average Bonchev–Trinajstić information content (AvgIpc) is 3.00. The first kappa shape index (κ1) is 17.0. The summed E-state index contributed by atoms with van der Waals surface area (Å²) < 4.78 is 7.53. The first-order chi connectivity index (χ1) is 11.9. The largest absolute Gasteiger partial charge is 0.481 e. The number of carbonyl (C=O) groups excluding carboxylic acids is 1. The lowest BCUT2D eigenvalue weighted by atomic mass is 10.2. The van der Waals surface area contributed by atoms with Crippen LogP contribution in [0.3, 0.4) is 0 Å². The lowest BCUT2D eigenvalue weighted by molar-refractivity contribution is -0.122. The Labute approximate surface area is 146 Å². The summed E-state index contributed by atoms with van der Waals surface area (Å²) in [5.41, 5.74) is 2.57. The van der Waals surface area contributed by atoms with E-state index in [0.29, 0.717) is 11.4 Å². The van der Waals surface area contributed by atoms with Gasteiger partial charge in [-0.05, 0) is 45.9 Å². The molecular weight excluding hydrogens is 316 g/mol. The molecule has 0 aliphatic heterocycles. The average molecular weight is 338 g/mol. The highest BCUT2D eigenvalue weighted by Gasteiger charge is 2.16. The lowest BCUT2D eigenvalue weighted by Crippen LogP contribution is -2.30. The van der Waals surface area contributed by atoms with Gasteiger partial charge in [-0.2, -0.15) is 5.10 Å². The molecule has 1 aromatic carbocycles. The zero-order valence-electron chi connectivity index (χ0n) is 14.9. The fourth-order valence-electron chi connectivity index (χ4n) is 2.50. The van der Waals surface area contributed by atoms with Crippen molar-refractivity contribution in [3.8, 4) is 5.75 Å². The number of anilines is 1. The number of nitrogens with one attached hydrogen (secondary N) is 1. The van der Waals surface area contributed by atoms with Gasteiger partial charge in [-0.15, -0.1) is 0 Å². The van der Waals surface area contributed by atoms with Gasteiger partial charge in [0.15, 0.2) is 11.8 Å². The van der Waals surface area contributed by atoms with Crippen molar-refractivity contribution in [1.82, 2.24) is 14.8 Å². The standard InChI is InChI=1S/C19H22N4O2/c1-12(2)23-18-15(10-21-23)9-16(11-20-18)22-19(24)14(4)25-17-7-5-13(3)6-8-17/h5-12,14H,1-4H3,(H,22,24). The van der Waals surface area contributed by atoms with Gasteiger partial charge in [0, 0.05) is 11.4 Å². The highest BCUT2D eigenvalue weighted by Crippen LogP contribution is 2.20. The zero-order valence-corrected chi connectivity index (χ0v) is 14.9. The van der Waals surface area contributed by atoms with Gasteiger partial charge in [0.25, 0.3) is 5.91 Å². The van der Waals surface area contributed by atoms with Crippen LogP contribution in [0.1, 0.15) is 32.4 Å². The van der Waals surface area contributed by atoms with Crippen LogP contribution in [-0.4, -0.2) is 26.8 Å². The van der Waals surface area contributed by atoms with Crippen molar-refractivity contribution < 1.29 is 9.53 Å². The lowest BCUT2D eigenvalue weighted by Gasteiger charge is -2.15. The van der Waals surface area contributed by atoms with Gasteiger partial charge in [-0.25, -0.2) is 9.67 Å². The normalized spacial score (nSPS) is 12.4. The Morgan fingerprint density at radius 3 is 2.56 bits per heavy atom. The van der Waals surface area contributed by atoms with E-state index in [1.54, 1.807) is 19.3 Å². The van der Waals surface area contributed by atoms with E-state index in [1.165, 1.54) is 0 Å². The van der Waals surface area contributed by atoms with Crippen LogP contribution in [0.4, 0.5) is 5.69 Å². The maximum absolute atomic E-state index is 12.3. The minimum atomic E-state index is -0.614. The topological polar surface area (TPSA) is 69.0 Å². The molecule has 0 spiro atoms. The number of ether oxygens (including phenoxy) is 1. The van der Waals surface area contributed by atoms with E-state index in [1.807, 2.05) is 55.8 Å². The number of pyridine rings is 1. The quantitative estimate of drug-likeness (QED) is 0.770. The van der Waals surface area contributed by atoms with Crippen LogP contribution >= 0.6 is 0 Å². The van der Waals surface area contributed by atoms with E-state index < -0.39 is 6.10 Å². The summed E-state index contributed by atoms with van der Waals surface area (Å²) in [6.45, 7) is 7.82. The molecule has 25 heavy (non-hydrogen) atoms. The van der Waals surface area contributed by atoms with E-state index >= 15 is 0 Å². The molecule has 0 bridgehead atoms. The minimum Gasteiger partial charge on any atom is -0.481 e. The second kappa shape index (κ2) is 6.93. The van der Waals surface area contributed by atoms with Crippen molar-refractivity contribution in [3.63, 3.8) is 0 Å². The summed E-state index contributed by atoms with van der Waals surface area (Å²) >= 11 is 0. The smallest absolute Gasteiger partial charge is 0.265 e. The Hall–Kier alpha value is -2.89. The van der Waals surface area contributed by atoms with Crippen LogP contribution in [0, 0.1) is 6.92 Å². The Bertz CT molecular complexity index is 884. The second-order valence-electron chi connectivity index (χ2n) is 6.38. The highest BCUT2D eigenvalue weighted by molar-refractivity contribution is 5.95. The number of aryl methyl sites for hydroxylation is 1. The van der Waals surface area contributed by atoms with Gasteiger partial charge >= 0.3 is 0 Å². The van der Waals surface area contributed by atoms with Gasteiger partial charge in [-0.1, -0.05) is 17.7 Å². The molecule has 2 heterocycles. The summed E-state index contributed by atoms with van der Waals surface area (Å²) in [6, 6.07) is 9.70. The zero-order chi connectivity index (χ0) is 18.0. The third-order valence-corrected chi connectivity index (χ3v) is 3.89. The molecular formula is C19H22N4O2. The Morgan fingerprint density at radius 2 is 1.88 bits per heavy atom. The SMILES string of the molecule is Cc1ccc(OC(C)C(=O)Nc2cnc3c(cnn3C(C)C)c2)cc1. The monoisotopic (exact) mass is 338 g/mol. The van der Waals surface area contributed by atoms with Gasteiger partial charge in [-0.3, -0.25) is 4.79 Å². The van der Waals surface area contributed by atoms with Crippen LogP contribution in [0.2, 0.25) is 0 Å². The van der Waals surface area contributed by atoms with Crippen LogP contribution in [0.5, 0.6) is 5.75 Å². The molecule has 0 saturated carbocycles.